The topological polar surface area (TPSA) is 29.3 Å². The van der Waals surface area contributed by atoms with Gasteiger partial charge in [0.2, 0.25) is 0 Å². The molecule has 0 aliphatic rings. The molecule has 0 fully saturated rings. The highest BCUT2D eigenvalue weighted by atomic mass is 35.5. The van der Waals surface area contributed by atoms with Gasteiger partial charge in [0.05, 0.1) is 11.4 Å². The van der Waals surface area contributed by atoms with Crippen LogP contribution in [0.3, 0.4) is 0 Å². The highest BCUT2D eigenvalue weighted by Crippen LogP contribution is 2.24. The van der Waals surface area contributed by atoms with Crippen molar-refractivity contribution in [1.82, 2.24) is 0 Å². The first-order valence-electron chi connectivity index (χ1n) is 4.73. The lowest BCUT2D eigenvalue weighted by Crippen LogP contribution is -2.24. The summed E-state index contributed by atoms with van der Waals surface area (Å²) in [6.45, 7) is 0. The van der Waals surface area contributed by atoms with Crippen LogP contribution in [-0.2, 0) is 0 Å². The summed E-state index contributed by atoms with van der Waals surface area (Å²) in [6, 6.07) is 14.6. The van der Waals surface area contributed by atoms with Crippen LogP contribution < -0.4 is 10.9 Å². The maximum Gasteiger partial charge on any atom is 0.0576 e. The predicted octanol–water partition coefficient (Wildman–Crippen LogP) is 4.01. The van der Waals surface area contributed by atoms with E-state index in [-0.39, 0.29) is 0 Å². The first-order valence-corrected chi connectivity index (χ1v) is 5.48. The molecule has 82 valence electrons. The summed E-state index contributed by atoms with van der Waals surface area (Å²) in [4.78, 5) is 0. The Morgan fingerprint density at radius 2 is 1.00 bits per heavy atom. The minimum absolute atomic E-state index is 0.688. The van der Waals surface area contributed by atoms with E-state index < -0.39 is 0 Å². The van der Waals surface area contributed by atoms with Crippen molar-refractivity contribution in [2.24, 2.45) is 5.84 Å². The Balaban J connectivity index is 2.28. The van der Waals surface area contributed by atoms with E-state index in [1.54, 1.807) is 29.3 Å². The van der Waals surface area contributed by atoms with E-state index >= 15 is 0 Å². The SMILES string of the molecule is NN(c1ccc(Cl)cc1)c1ccc(Cl)cc1. The molecule has 2 aromatic carbocycles. The Morgan fingerprint density at radius 1 is 0.688 bits per heavy atom. The van der Waals surface area contributed by atoms with Gasteiger partial charge in [0.1, 0.15) is 0 Å². The maximum absolute atomic E-state index is 5.96. The molecule has 0 spiro atoms. The van der Waals surface area contributed by atoms with Crippen molar-refractivity contribution in [3.63, 3.8) is 0 Å². The third-order valence-corrected chi connectivity index (χ3v) is 2.71. The van der Waals surface area contributed by atoms with Gasteiger partial charge in [0, 0.05) is 10.0 Å². The third kappa shape index (κ3) is 2.47. The second-order valence-electron chi connectivity index (χ2n) is 3.32. The highest BCUT2D eigenvalue weighted by molar-refractivity contribution is 6.31. The zero-order valence-corrected chi connectivity index (χ0v) is 9.91. The molecule has 0 radical (unpaired) electrons. The number of rotatable bonds is 2. The maximum atomic E-state index is 5.96. The van der Waals surface area contributed by atoms with Crippen molar-refractivity contribution in [1.29, 1.82) is 0 Å². The Kier molecular flexibility index (Phi) is 3.34. The average molecular weight is 253 g/mol. The first-order chi connectivity index (χ1) is 7.66. The van der Waals surface area contributed by atoms with Gasteiger partial charge in [0.15, 0.2) is 0 Å². The fourth-order valence-electron chi connectivity index (χ4n) is 1.35. The van der Waals surface area contributed by atoms with Crippen LogP contribution in [-0.4, -0.2) is 0 Å². The molecular formula is C12H10Cl2N2. The Labute approximate surface area is 104 Å². The number of nitrogens with two attached hydrogens (primary N) is 1. The molecule has 0 unspecified atom stereocenters. The third-order valence-electron chi connectivity index (χ3n) is 2.21. The standard InChI is InChI=1S/C12H10Cl2N2/c13-9-1-5-11(6-2-9)16(15)12-7-3-10(14)4-8-12/h1-8H,15H2. The predicted molar refractivity (Wildman–Crippen MR) is 69.2 cm³/mol. The van der Waals surface area contributed by atoms with Crippen molar-refractivity contribution < 1.29 is 0 Å². The molecular weight excluding hydrogens is 243 g/mol. The molecule has 0 saturated heterocycles. The molecule has 0 saturated carbocycles. The summed E-state index contributed by atoms with van der Waals surface area (Å²) in [7, 11) is 0. The molecule has 2 nitrogen and oxygen atoms in total. The van der Waals surface area contributed by atoms with E-state index in [4.69, 9.17) is 29.0 Å². The molecule has 0 bridgehead atoms. The van der Waals surface area contributed by atoms with Crippen LogP contribution in [0.2, 0.25) is 10.0 Å². The van der Waals surface area contributed by atoms with Crippen LogP contribution in [0.15, 0.2) is 48.5 Å². The van der Waals surface area contributed by atoms with Crippen LogP contribution >= 0.6 is 23.2 Å². The van der Waals surface area contributed by atoms with E-state index in [1.165, 1.54) is 0 Å². The first kappa shape index (κ1) is 11.3. The summed E-state index contributed by atoms with van der Waals surface area (Å²) in [5, 5.41) is 2.95. The Hall–Kier alpha value is -1.22. The van der Waals surface area contributed by atoms with Gasteiger partial charge in [-0.05, 0) is 48.5 Å². The van der Waals surface area contributed by atoms with E-state index in [9.17, 15) is 0 Å². The monoisotopic (exact) mass is 252 g/mol. The second-order valence-corrected chi connectivity index (χ2v) is 4.20. The van der Waals surface area contributed by atoms with Crippen LogP contribution in [0.4, 0.5) is 11.4 Å². The molecule has 4 heteroatoms. The van der Waals surface area contributed by atoms with Gasteiger partial charge in [-0.25, -0.2) is 5.84 Å². The zero-order chi connectivity index (χ0) is 11.5. The van der Waals surface area contributed by atoms with Gasteiger partial charge in [-0.3, -0.25) is 5.01 Å². The van der Waals surface area contributed by atoms with E-state index in [2.05, 4.69) is 0 Å². The molecule has 2 aromatic rings. The minimum atomic E-state index is 0.688. The fraction of sp³-hybridized carbons (Fsp3) is 0. The van der Waals surface area contributed by atoms with Crippen molar-refractivity contribution >= 4 is 34.6 Å². The summed E-state index contributed by atoms with van der Waals surface area (Å²) >= 11 is 11.6. The molecule has 0 atom stereocenters. The minimum Gasteiger partial charge on any atom is -0.280 e. The van der Waals surface area contributed by atoms with Gasteiger partial charge in [-0.2, -0.15) is 0 Å². The lowest BCUT2D eigenvalue weighted by Gasteiger charge is -2.18. The smallest absolute Gasteiger partial charge is 0.0576 e. The number of halogens is 2. The lowest BCUT2D eigenvalue weighted by atomic mass is 10.2. The molecule has 16 heavy (non-hydrogen) atoms. The molecule has 2 rings (SSSR count). The Morgan fingerprint density at radius 3 is 1.31 bits per heavy atom. The molecule has 0 amide bonds. The number of nitrogens with zero attached hydrogens (tertiary/aromatic N) is 1. The van der Waals surface area contributed by atoms with Gasteiger partial charge in [-0.15, -0.1) is 0 Å². The van der Waals surface area contributed by atoms with Gasteiger partial charge < -0.3 is 0 Å². The second kappa shape index (κ2) is 4.74. The number of anilines is 2. The summed E-state index contributed by atoms with van der Waals surface area (Å²) in [5.41, 5.74) is 1.73. The van der Waals surface area contributed by atoms with Crippen molar-refractivity contribution in [2.45, 2.75) is 0 Å². The summed E-state index contributed by atoms with van der Waals surface area (Å²) < 4.78 is 0. The zero-order valence-electron chi connectivity index (χ0n) is 8.40. The number of hydrogen-bond acceptors (Lipinski definition) is 2. The van der Waals surface area contributed by atoms with Gasteiger partial charge in [-0.1, -0.05) is 23.2 Å². The average Bonchev–Trinajstić information content (AvgIpc) is 2.30. The van der Waals surface area contributed by atoms with E-state index in [1.807, 2.05) is 24.3 Å². The fourth-order valence-corrected chi connectivity index (χ4v) is 1.60. The van der Waals surface area contributed by atoms with Crippen molar-refractivity contribution in [2.75, 3.05) is 5.01 Å². The summed E-state index contributed by atoms with van der Waals surface area (Å²) in [6.07, 6.45) is 0. The molecule has 0 aliphatic heterocycles. The van der Waals surface area contributed by atoms with Crippen LogP contribution in [0, 0.1) is 0 Å². The number of hydrogen-bond donors (Lipinski definition) is 1. The van der Waals surface area contributed by atoms with Crippen LogP contribution in [0.25, 0.3) is 0 Å². The van der Waals surface area contributed by atoms with Gasteiger partial charge >= 0.3 is 0 Å². The van der Waals surface area contributed by atoms with Gasteiger partial charge in [0.25, 0.3) is 0 Å². The number of benzene rings is 2. The largest absolute Gasteiger partial charge is 0.280 e. The van der Waals surface area contributed by atoms with E-state index in [0.29, 0.717) is 10.0 Å². The lowest BCUT2D eigenvalue weighted by molar-refractivity contribution is 1.09. The molecule has 0 heterocycles. The molecule has 0 aromatic heterocycles. The van der Waals surface area contributed by atoms with Crippen LogP contribution in [0.1, 0.15) is 0 Å². The van der Waals surface area contributed by atoms with Crippen LogP contribution in [0.5, 0.6) is 0 Å². The van der Waals surface area contributed by atoms with E-state index in [0.717, 1.165) is 11.4 Å². The highest BCUT2D eigenvalue weighted by Gasteiger charge is 2.03. The summed E-state index contributed by atoms with van der Waals surface area (Å²) in [5.74, 6) is 5.96. The van der Waals surface area contributed by atoms with Crippen molar-refractivity contribution in [3.05, 3.63) is 58.6 Å². The Bertz CT molecular complexity index is 420. The quantitative estimate of drug-likeness (QED) is 0.647. The normalized spacial score (nSPS) is 10.2. The number of hydrazine groups is 1. The molecule has 0 aliphatic carbocycles. The van der Waals surface area contributed by atoms with Crippen molar-refractivity contribution in [3.8, 4) is 0 Å². The molecule has 2 N–H and O–H groups in total.